The van der Waals surface area contributed by atoms with Crippen LogP contribution >= 0.6 is 0 Å². The number of anilines is 4. The first-order chi connectivity index (χ1) is 31.0. The van der Waals surface area contributed by atoms with E-state index in [4.69, 9.17) is 61.3 Å². The lowest BCUT2D eigenvalue weighted by molar-refractivity contribution is -0.285. The second-order valence-corrected chi connectivity index (χ2v) is 14.3. The number of rotatable bonds is 11. The molecule has 0 bridgehead atoms. The van der Waals surface area contributed by atoms with Crippen LogP contribution in [-0.2, 0) is 33.2 Å². The van der Waals surface area contributed by atoms with E-state index in [-0.39, 0.29) is 13.0 Å². The van der Waals surface area contributed by atoms with Crippen LogP contribution in [0.15, 0.2) is 121 Å². The first-order valence-electron chi connectivity index (χ1n) is 19.7. The Bertz CT molecular complexity index is 2170. The van der Waals surface area contributed by atoms with E-state index in [0.717, 1.165) is 0 Å². The fourth-order valence-electron chi connectivity index (χ4n) is 6.58. The molecular formula is C42H47F3N8O12. The molecule has 348 valence electrons. The number of nitrogens with two attached hydrogens (primary N) is 4. The number of carboxylic acids is 1. The van der Waals surface area contributed by atoms with Crippen molar-refractivity contribution >= 4 is 53.1 Å². The van der Waals surface area contributed by atoms with Crippen molar-refractivity contribution in [1.29, 1.82) is 0 Å². The summed E-state index contributed by atoms with van der Waals surface area (Å²) < 4.78 is 67.7. The number of aliphatic carboxylic acids is 1. The number of amides is 4. The van der Waals surface area contributed by atoms with Crippen molar-refractivity contribution in [3.8, 4) is 0 Å². The summed E-state index contributed by atoms with van der Waals surface area (Å²) in [6.07, 6.45) is -18.2. The monoisotopic (exact) mass is 912 g/mol. The van der Waals surface area contributed by atoms with Gasteiger partial charge >= 0.3 is 36.5 Å². The van der Waals surface area contributed by atoms with Gasteiger partial charge in [0, 0.05) is 41.4 Å². The summed E-state index contributed by atoms with van der Waals surface area (Å²) >= 11 is 0. The standard InChI is InChI=1S/C40H46N8O10.C2HF3O2/c41-22-29-33(56-38(50)46-24-15-7-2-8-16-24)34(57-39(51)47-25-17-9-3-10-18-25)30(44)36(53-29)54-31-27(42)21-28(43)32(55-37(49)45-23-13-5-1-6-14-23)35(31)58-40(52)48-26-19-11-4-12-20-26;3-2(4,5)1(6)7/h1-20,27-36H,21-22,41-44H2,(H,45,49)(H,46,50)(H,47,51)(H,48,52);(H,6,7)/t27-,28+,29+,30+,31+,32-,33+,34+,35-,36+;/m0./s1. The molecule has 10 atom stereocenters. The van der Waals surface area contributed by atoms with Crippen molar-refractivity contribution in [2.45, 2.75) is 73.6 Å². The molecule has 1 heterocycles. The van der Waals surface area contributed by atoms with Gasteiger partial charge in [0.25, 0.3) is 0 Å². The molecule has 1 saturated carbocycles. The van der Waals surface area contributed by atoms with E-state index in [9.17, 15) is 32.3 Å². The lowest BCUT2D eigenvalue weighted by atomic mass is 9.84. The third kappa shape index (κ3) is 14.5. The number of ether oxygens (including phenoxy) is 6. The molecule has 65 heavy (non-hydrogen) atoms. The van der Waals surface area contributed by atoms with Crippen LogP contribution in [0.1, 0.15) is 6.42 Å². The summed E-state index contributed by atoms with van der Waals surface area (Å²) in [5.74, 6) is -2.76. The van der Waals surface area contributed by atoms with Gasteiger partial charge in [0.05, 0.1) is 6.04 Å². The number of hydrogen-bond acceptors (Lipinski definition) is 15. The lowest BCUT2D eigenvalue weighted by Gasteiger charge is -2.48. The summed E-state index contributed by atoms with van der Waals surface area (Å²) in [6.45, 7) is -0.261. The van der Waals surface area contributed by atoms with Gasteiger partial charge in [0.1, 0.15) is 12.2 Å². The maximum absolute atomic E-state index is 13.4. The van der Waals surface area contributed by atoms with E-state index in [1.807, 2.05) is 0 Å². The predicted molar refractivity (Wildman–Crippen MR) is 226 cm³/mol. The van der Waals surface area contributed by atoms with Gasteiger partial charge in [-0.05, 0) is 55.0 Å². The minimum absolute atomic E-state index is 0.0290. The third-order valence-corrected chi connectivity index (χ3v) is 9.55. The normalized spacial score (nSPS) is 24.9. The molecule has 0 radical (unpaired) electrons. The molecule has 0 aromatic heterocycles. The maximum atomic E-state index is 13.4. The largest absolute Gasteiger partial charge is 0.490 e. The minimum atomic E-state index is -5.08. The number of para-hydroxylation sites is 4. The van der Waals surface area contributed by atoms with E-state index in [1.54, 1.807) is 121 Å². The minimum Gasteiger partial charge on any atom is -0.475 e. The predicted octanol–water partition coefficient (Wildman–Crippen LogP) is 4.54. The smallest absolute Gasteiger partial charge is 0.475 e. The summed E-state index contributed by atoms with van der Waals surface area (Å²) in [5, 5.41) is 17.6. The summed E-state index contributed by atoms with van der Waals surface area (Å²) in [7, 11) is 0. The van der Waals surface area contributed by atoms with E-state index in [1.165, 1.54) is 0 Å². The molecule has 6 rings (SSSR count). The Morgan fingerprint density at radius 3 is 1.23 bits per heavy atom. The van der Waals surface area contributed by atoms with Gasteiger partial charge in [-0.1, -0.05) is 72.8 Å². The van der Waals surface area contributed by atoms with Crippen molar-refractivity contribution in [3.63, 3.8) is 0 Å². The average Bonchev–Trinajstić information content (AvgIpc) is 3.26. The van der Waals surface area contributed by atoms with Crippen LogP contribution in [0.2, 0.25) is 0 Å². The fraction of sp³-hybridized carbons (Fsp3) is 0.310. The first-order valence-corrected chi connectivity index (χ1v) is 19.7. The third-order valence-electron chi connectivity index (χ3n) is 9.55. The summed E-state index contributed by atoms with van der Waals surface area (Å²) in [4.78, 5) is 62.0. The first kappa shape index (κ1) is 49.0. The van der Waals surface area contributed by atoms with Crippen molar-refractivity contribution < 1.29 is 70.7 Å². The Balaban J connectivity index is 0.00000105. The molecule has 1 aliphatic heterocycles. The van der Waals surface area contributed by atoms with Gasteiger partial charge in [-0.3, -0.25) is 21.3 Å². The van der Waals surface area contributed by atoms with Crippen LogP contribution < -0.4 is 44.2 Å². The fourth-order valence-corrected chi connectivity index (χ4v) is 6.58. The van der Waals surface area contributed by atoms with Crippen LogP contribution in [0.4, 0.5) is 55.1 Å². The van der Waals surface area contributed by atoms with Crippen LogP contribution in [-0.4, -0.2) is 109 Å². The number of benzene rings is 4. The zero-order valence-electron chi connectivity index (χ0n) is 34.1. The molecule has 20 nitrogen and oxygen atoms in total. The average molecular weight is 913 g/mol. The van der Waals surface area contributed by atoms with E-state index in [0.29, 0.717) is 22.7 Å². The van der Waals surface area contributed by atoms with Gasteiger partial charge in [-0.2, -0.15) is 13.2 Å². The molecule has 1 aliphatic carbocycles. The second kappa shape index (κ2) is 23.1. The molecular weight excluding hydrogens is 866 g/mol. The highest BCUT2D eigenvalue weighted by atomic mass is 19.4. The molecule has 1 saturated heterocycles. The zero-order valence-corrected chi connectivity index (χ0v) is 34.1. The highest BCUT2D eigenvalue weighted by Crippen LogP contribution is 2.33. The number of nitrogens with one attached hydrogen (secondary N) is 4. The molecule has 4 aromatic rings. The van der Waals surface area contributed by atoms with Crippen molar-refractivity contribution in [2.24, 2.45) is 22.9 Å². The highest BCUT2D eigenvalue weighted by Gasteiger charge is 2.54. The number of alkyl halides is 3. The number of carbonyl (C=O) groups excluding carboxylic acids is 4. The zero-order chi connectivity index (χ0) is 47.1. The van der Waals surface area contributed by atoms with Crippen LogP contribution in [0.25, 0.3) is 0 Å². The quantitative estimate of drug-likeness (QED) is 0.0933. The second-order valence-electron chi connectivity index (χ2n) is 14.3. The van der Waals surface area contributed by atoms with Crippen molar-refractivity contribution in [1.82, 2.24) is 0 Å². The molecule has 13 N–H and O–H groups in total. The molecule has 0 spiro atoms. The Kier molecular flexibility index (Phi) is 17.4. The summed E-state index contributed by atoms with van der Waals surface area (Å²) in [6, 6.07) is 30.7. The topological polar surface area (TPSA) is 313 Å². The Hall–Kier alpha value is -7.02. The van der Waals surface area contributed by atoms with Crippen molar-refractivity contribution in [3.05, 3.63) is 121 Å². The number of carboxylic acid groups (broad SMARTS) is 1. The Morgan fingerprint density at radius 2 is 0.877 bits per heavy atom. The van der Waals surface area contributed by atoms with E-state index >= 15 is 0 Å². The Morgan fingerprint density at radius 1 is 0.554 bits per heavy atom. The molecule has 2 fully saturated rings. The molecule has 4 aromatic carbocycles. The van der Waals surface area contributed by atoms with Gasteiger partial charge in [-0.15, -0.1) is 0 Å². The summed E-state index contributed by atoms with van der Waals surface area (Å²) in [5.41, 5.74) is 27.7. The molecule has 2 aliphatic rings. The van der Waals surface area contributed by atoms with Crippen LogP contribution in [0.5, 0.6) is 0 Å². The molecule has 4 amide bonds. The number of halogens is 3. The molecule has 23 heteroatoms. The van der Waals surface area contributed by atoms with Crippen molar-refractivity contribution in [2.75, 3.05) is 27.8 Å². The molecule has 0 unspecified atom stereocenters. The van der Waals surface area contributed by atoms with E-state index in [2.05, 4.69) is 21.3 Å². The number of hydrogen-bond donors (Lipinski definition) is 9. The highest BCUT2D eigenvalue weighted by molar-refractivity contribution is 5.87. The van der Waals surface area contributed by atoms with E-state index < -0.39 is 97.6 Å². The maximum Gasteiger partial charge on any atom is 0.490 e. The van der Waals surface area contributed by atoms with Gasteiger partial charge in [-0.25, -0.2) is 24.0 Å². The van der Waals surface area contributed by atoms with Gasteiger partial charge in [0.2, 0.25) is 0 Å². The van der Waals surface area contributed by atoms with Gasteiger partial charge in [0.15, 0.2) is 30.7 Å². The van der Waals surface area contributed by atoms with Gasteiger partial charge < -0.3 is 56.5 Å². The SMILES string of the molecule is NC[C@H]1O[C@H](O[C@H]2[C@H](OC(=O)Nc3ccccc3)[C@@H](OC(=O)Nc3ccccc3)[C@H](N)C[C@@H]2N)[C@H](N)[C@@H](OC(=O)Nc2ccccc2)[C@@H]1OC(=O)Nc1ccccc1.O=C(O)C(F)(F)F. The number of carbonyl (C=O) groups is 5. The van der Waals surface area contributed by atoms with Crippen LogP contribution in [0, 0.1) is 0 Å². The Labute approximate surface area is 369 Å². The lowest BCUT2D eigenvalue weighted by Crippen LogP contribution is -2.69. The van der Waals surface area contributed by atoms with Crippen LogP contribution in [0.3, 0.4) is 0 Å².